The summed E-state index contributed by atoms with van der Waals surface area (Å²) in [4.78, 5) is 10.0. The minimum atomic E-state index is -0.267. The first-order valence-corrected chi connectivity index (χ1v) is 3.20. The Balaban J connectivity index is 3.55. The number of carbonyl (C=O) groups excluding carboxylic acids is 1. The van der Waals surface area contributed by atoms with Gasteiger partial charge in [-0.3, -0.25) is 0 Å². The molecule has 0 unspecified atom stereocenters. The normalized spacial score (nSPS) is 11.4. The van der Waals surface area contributed by atoms with Crippen LogP contribution in [0.4, 0.5) is 0 Å². The first-order chi connectivity index (χ1) is 4.12. The average molecular weight is 130 g/mol. The van der Waals surface area contributed by atoms with Crippen molar-refractivity contribution in [3.8, 4) is 0 Å². The Hall–Kier alpha value is -0.370. The first-order valence-electron chi connectivity index (χ1n) is 3.20. The predicted molar refractivity (Wildman–Crippen MR) is 36.4 cm³/mol. The SMILES string of the molecule is CCOC(C)(C)CC=O. The highest BCUT2D eigenvalue weighted by atomic mass is 16.5. The van der Waals surface area contributed by atoms with Crippen LogP contribution in [0.2, 0.25) is 0 Å². The summed E-state index contributed by atoms with van der Waals surface area (Å²) in [6.07, 6.45) is 1.36. The van der Waals surface area contributed by atoms with Crippen molar-refractivity contribution >= 4 is 6.29 Å². The molecule has 0 heterocycles. The number of ether oxygens (including phenoxy) is 1. The van der Waals surface area contributed by atoms with Crippen molar-refractivity contribution in [1.82, 2.24) is 0 Å². The Kier molecular flexibility index (Phi) is 3.47. The van der Waals surface area contributed by atoms with Gasteiger partial charge in [0.1, 0.15) is 6.29 Å². The maximum atomic E-state index is 10.0. The van der Waals surface area contributed by atoms with Gasteiger partial charge in [-0.25, -0.2) is 0 Å². The second-order valence-corrected chi connectivity index (χ2v) is 2.56. The van der Waals surface area contributed by atoms with E-state index in [1.54, 1.807) is 0 Å². The first kappa shape index (κ1) is 8.63. The Morgan fingerprint density at radius 2 is 2.11 bits per heavy atom. The maximum absolute atomic E-state index is 10.0. The second kappa shape index (κ2) is 3.62. The fourth-order valence-electron chi connectivity index (χ4n) is 0.650. The van der Waals surface area contributed by atoms with E-state index in [2.05, 4.69) is 0 Å². The smallest absolute Gasteiger partial charge is 0.122 e. The van der Waals surface area contributed by atoms with E-state index in [1.807, 2.05) is 20.8 Å². The third-order valence-electron chi connectivity index (χ3n) is 1.11. The number of aldehydes is 1. The predicted octanol–water partition coefficient (Wildman–Crippen LogP) is 1.39. The summed E-state index contributed by atoms with van der Waals surface area (Å²) >= 11 is 0. The van der Waals surface area contributed by atoms with Gasteiger partial charge >= 0.3 is 0 Å². The Morgan fingerprint density at radius 3 is 2.44 bits per heavy atom. The minimum absolute atomic E-state index is 0.267. The summed E-state index contributed by atoms with van der Waals surface area (Å²) < 4.78 is 5.24. The molecule has 54 valence electrons. The van der Waals surface area contributed by atoms with Crippen LogP contribution in [0, 0.1) is 0 Å². The number of carbonyl (C=O) groups is 1. The topological polar surface area (TPSA) is 26.3 Å². The van der Waals surface area contributed by atoms with Gasteiger partial charge in [0.25, 0.3) is 0 Å². The standard InChI is InChI=1S/C7H14O2/c1-4-9-7(2,3)5-6-8/h6H,4-5H2,1-3H3. The van der Waals surface area contributed by atoms with E-state index in [9.17, 15) is 4.79 Å². The summed E-state index contributed by atoms with van der Waals surface area (Å²) in [5.41, 5.74) is -0.267. The van der Waals surface area contributed by atoms with Crippen LogP contribution in [-0.2, 0) is 9.53 Å². The highest BCUT2D eigenvalue weighted by molar-refractivity contribution is 5.51. The molecule has 0 saturated heterocycles. The molecule has 0 bridgehead atoms. The summed E-state index contributed by atoms with van der Waals surface area (Å²) in [5, 5.41) is 0. The fourth-order valence-corrected chi connectivity index (χ4v) is 0.650. The van der Waals surface area contributed by atoms with Crippen LogP contribution < -0.4 is 0 Å². The molecule has 0 radical (unpaired) electrons. The molecule has 0 N–H and O–H groups in total. The summed E-state index contributed by atoms with van der Waals surface area (Å²) in [6.45, 7) is 6.41. The zero-order valence-corrected chi connectivity index (χ0v) is 6.31. The van der Waals surface area contributed by atoms with Crippen molar-refractivity contribution in [3.63, 3.8) is 0 Å². The van der Waals surface area contributed by atoms with Gasteiger partial charge < -0.3 is 9.53 Å². The highest BCUT2D eigenvalue weighted by Gasteiger charge is 2.15. The number of hydrogen-bond acceptors (Lipinski definition) is 2. The number of rotatable bonds is 4. The van der Waals surface area contributed by atoms with Gasteiger partial charge in [-0.05, 0) is 20.8 Å². The molecule has 0 aliphatic carbocycles. The van der Waals surface area contributed by atoms with E-state index >= 15 is 0 Å². The molecule has 0 atom stereocenters. The Bertz CT molecular complexity index is 86.9. The lowest BCUT2D eigenvalue weighted by atomic mass is 10.1. The van der Waals surface area contributed by atoms with Crippen LogP contribution in [-0.4, -0.2) is 18.5 Å². The van der Waals surface area contributed by atoms with Gasteiger partial charge in [-0.1, -0.05) is 0 Å². The van der Waals surface area contributed by atoms with Crippen LogP contribution in [0.1, 0.15) is 27.2 Å². The molecule has 0 aromatic carbocycles. The van der Waals surface area contributed by atoms with Crippen molar-refractivity contribution in [2.45, 2.75) is 32.8 Å². The van der Waals surface area contributed by atoms with Crippen LogP contribution in [0.25, 0.3) is 0 Å². The second-order valence-electron chi connectivity index (χ2n) is 2.56. The van der Waals surface area contributed by atoms with Gasteiger partial charge in [0.05, 0.1) is 5.60 Å². The monoisotopic (exact) mass is 130 g/mol. The zero-order chi connectivity index (χ0) is 7.33. The van der Waals surface area contributed by atoms with Crippen molar-refractivity contribution in [2.75, 3.05) is 6.61 Å². The van der Waals surface area contributed by atoms with Gasteiger partial charge in [0.15, 0.2) is 0 Å². The molecule has 9 heavy (non-hydrogen) atoms. The van der Waals surface area contributed by atoms with E-state index in [4.69, 9.17) is 4.74 Å². The Labute approximate surface area is 56.2 Å². The molecular weight excluding hydrogens is 116 g/mol. The summed E-state index contributed by atoms with van der Waals surface area (Å²) in [5.74, 6) is 0. The van der Waals surface area contributed by atoms with Gasteiger partial charge in [-0.2, -0.15) is 0 Å². The maximum Gasteiger partial charge on any atom is 0.122 e. The van der Waals surface area contributed by atoms with E-state index in [1.165, 1.54) is 0 Å². The quantitative estimate of drug-likeness (QED) is 0.537. The molecule has 0 rings (SSSR count). The lowest BCUT2D eigenvalue weighted by molar-refractivity contribution is -0.113. The molecule has 0 aliphatic rings. The molecule has 0 fully saturated rings. The minimum Gasteiger partial charge on any atom is -0.375 e. The van der Waals surface area contributed by atoms with E-state index < -0.39 is 0 Å². The molecular formula is C7H14O2. The highest BCUT2D eigenvalue weighted by Crippen LogP contribution is 2.11. The summed E-state index contributed by atoms with van der Waals surface area (Å²) in [7, 11) is 0. The lowest BCUT2D eigenvalue weighted by Crippen LogP contribution is -2.24. The van der Waals surface area contributed by atoms with E-state index in [-0.39, 0.29) is 5.60 Å². The summed E-state index contributed by atoms with van der Waals surface area (Å²) in [6, 6.07) is 0. The van der Waals surface area contributed by atoms with Crippen molar-refractivity contribution < 1.29 is 9.53 Å². The van der Waals surface area contributed by atoms with Crippen LogP contribution in [0.3, 0.4) is 0 Å². The zero-order valence-electron chi connectivity index (χ0n) is 6.31. The molecule has 0 amide bonds. The van der Waals surface area contributed by atoms with Crippen molar-refractivity contribution in [2.24, 2.45) is 0 Å². The van der Waals surface area contributed by atoms with Gasteiger partial charge in [-0.15, -0.1) is 0 Å². The molecule has 0 aliphatic heterocycles. The van der Waals surface area contributed by atoms with E-state index in [0.29, 0.717) is 13.0 Å². The fraction of sp³-hybridized carbons (Fsp3) is 0.857. The molecule has 0 saturated carbocycles. The number of hydrogen-bond donors (Lipinski definition) is 0. The van der Waals surface area contributed by atoms with Crippen molar-refractivity contribution in [1.29, 1.82) is 0 Å². The molecule has 0 spiro atoms. The van der Waals surface area contributed by atoms with Gasteiger partial charge in [0, 0.05) is 13.0 Å². The molecule has 0 aromatic heterocycles. The lowest BCUT2D eigenvalue weighted by Gasteiger charge is -2.21. The van der Waals surface area contributed by atoms with Crippen LogP contribution in [0.15, 0.2) is 0 Å². The van der Waals surface area contributed by atoms with Crippen LogP contribution in [0.5, 0.6) is 0 Å². The van der Waals surface area contributed by atoms with E-state index in [0.717, 1.165) is 6.29 Å². The van der Waals surface area contributed by atoms with Crippen molar-refractivity contribution in [3.05, 3.63) is 0 Å². The molecule has 0 aromatic rings. The largest absolute Gasteiger partial charge is 0.375 e. The third kappa shape index (κ3) is 4.15. The van der Waals surface area contributed by atoms with Crippen LogP contribution >= 0.6 is 0 Å². The van der Waals surface area contributed by atoms with Gasteiger partial charge in [0.2, 0.25) is 0 Å². The molecule has 2 nitrogen and oxygen atoms in total. The third-order valence-corrected chi connectivity index (χ3v) is 1.11. The average Bonchev–Trinajstić information content (AvgIpc) is 1.64. The Morgan fingerprint density at radius 1 is 1.56 bits per heavy atom. The molecule has 2 heteroatoms.